The summed E-state index contributed by atoms with van der Waals surface area (Å²) in [6, 6.07) is 10.4. The summed E-state index contributed by atoms with van der Waals surface area (Å²) < 4.78 is 29.9. The number of halogens is 2. The van der Waals surface area contributed by atoms with Crippen LogP contribution >= 0.6 is 0 Å². The van der Waals surface area contributed by atoms with Gasteiger partial charge in [0.25, 0.3) is 0 Å². The molecule has 1 saturated heterocycles. The fourth-order valence-corrected chi connectivity index (χ4v) is 4.06. The Kier molecular flexibility index (Phi) is 5.96. The number of para-hydroxylation sites is 1. The highest BCUT2D eigenvalue weighted by Gasteiger charge is 2.42. The van der Waals surface area contributed by atoms with Crippen LogP contribution in [0.5, 0.6) is 5.75 Å². The summed E-state index contributed by atoms with van der Waals surface area (Å²) >= 11 is 0. The number of rotatable bonds is 6. The molecule has 0 radical (unpaired) electrons. The van der Waals surface area contributed by atoms with Crippen molar-refractivity contribution in [3.63, 3.8) is 0 Å². The van der Waals surface area contributed by atoms with Crippen molar-refractivity contribution >= 4 is 11.8 Å². The maximum atomic E-state index is 12.8. The Hall–Kier alpha value is -2.97. The lowest BCUT2D eigenvalue weighted by Crippen LogP contribution is -2.52. The molecular weight excluding hydrogens is 392 g/mol. The Morgan fingerprint density at radius 2 is 2.17 bits per heavy atom. The molecule has 30 heavy (non-hydrogen) atoms. The van der Waals surface area contributed by atoms with Gasteiger partial charge >= 0.3 is 12.6 Å². The van der Waals surface area contributed by atoms with Crippen LogP contribution in [0.4, 0.5) is 19.4 Å². The van der Waals surface area contributed by atoms with Gasteiger partial charge in [-0.3, -0.25) is 0 Å². The maximum absolute atomic E-state index is 12.8. The van der Waals surface area contributed by atoms with Crippen LogP contribution in [0.2, 0.25) is 0 Å². The van der Waals surface area contributed by atoms with Gasteiger partial charge in [0.15, 0.2) is 5.82 Å². The molecule has 3 atom stereocenters. The quantitative estimate of drug-likeness (QED) is 0.776. The van der Waals surface area contributed by atoms with Gasteiger partial charge in [-0.05, 0) is 43.0 Å². The van der Waals surface area contributed by atoms with Gasteiger partial charge in [0.05, 0.1) is 6.04 Å². The lowest BCUT2D eigenvalue weighted by Gasteiger charge is -2.38. The van der Waals surface area contributed by atoms with Crippen molar-refractivity contribution < 1.29 is 19.7 Å². The first-order valence-electron chi connectivity index (χ1n) is 10.1. The number of piperidine rings is 1. The van der Waals surface area contributed by atoms with Crippen molar-refractivity contribution in [1.29, 1.82) is 0 Å². The zero-order chi connectivity index (χ0) is 21.1. The van der Waals surface area contributed by atoms with E-state index >= 15 is 0 Å². The Bertz CT molecular complexity index is 876. The van der Waals surface area contributed by atoms with Crippen LogP contribution in [0.1, 0.15) is 32.2 Å². The summed E-state index contributed by atoms with van der Waals surface area (Å²) in [5.41, 5.74) is 0.706. The number of benzene rings is 1. The number of hydrogen-bond donors (Lipinski definition) is 1. The average molecular weight is 419 g/mol. The molecule has 2 unspecified atom stereocenters. The molecule has 0 bridgehead atoms. The molecule has 2 aliphatic rings. The van der Waals surface area contributed by atoms with Crippen molar-refractivity contribution in [2.45, 2.75) is 43.9 Å². The molecule has 2 fully saturated rings. The van der Waals surface area contributed by atoms with Crippen molar-refractivity contribution in [2.75, 3.05) is 25.0 Å². The van der Waals surface area contributed by atoms with Gasteiger partial charge < -0.3 is 19.9 Å². The number of amides is 2. The second-order valence-electron chi connectivity index (χ2n) is 7.75. The molecule has 0 spiro atoms. The third-order valence-electron chi connectivity index (χ3n) is 5.78. The van der Waals surface area contributed by atoms with Crippen molar-refractivity contribution in [3.05, 3.63) is 48.2 Å². The molecule has 1 aliphatic carbocycles. The normalized spacial score (nSPS) is 23.2. The number of likely N-dealkylation sites (N-methyl/N-ethyl adjacent to an activating group) is 1. The second-order valence-corrected chi connectivity index (χ2v) is 7.75. The molecular formula is C21H27F2N5O2. The zero-order valence-corrected chi connectivity index (χ0v) is 16.7. The molecule has 2 amide bonds. The van der Waals surface area contributed by atoms with Gasteiger partial charge in [-0.25, -0.2) is 4.79 Å². The highest BCUT2D eigenvalue weighted by Crippen LogP contribution is 2.45. The number of urea groups is 1. The highest BCUT2D eigenvalue weighted by molar-refractivity contribution is 5.75. The van der Waals surface area contributed by atoms with E-state index in [-0.39, 0.29) is 31.2 Å². The van der Waals surface area contributed by atoms with Gasteiger partial charge in [0.2, 0.25) is 0 Å². The SMILES string of the molecule is CN(C(=O)NC1CC1c1ccccc1OC(F)F)[C@@H]1CCCN(c2cccnn2)C1.[HH]. The molecule has 9 heteroatoms. The predicted molar refractivity (Wildman–Crippen MR) is 110 cm³/mol. The summed E-state index contributed by atoms with van der Waals surface area (Å²) in [5, 5.41) is 11.1. The average Bonchev–Trinajstić information content (AvgIpc) is 3.52. The number of carbonyl (C=O) groups is 1. The van der Waals surface area contributed by atoms with E-state index in [0.717, 1.165) is 25.2 Å². The van der Waals surface area contributed by atoms with Crippen LogP contribution in [0, 0.1) is 0 Å². The van der Waals surface area contributed by atoms with E-state index in [1.54, 1.807) is 36.3 Å². The van der Waals surface area contributed by atoms with Crippen LogP contribution in [0.3, 0.4) is 0 Å². The number of anilines is 1. The molecule has 4 rings (SSSR count). The molecule has 1 N–H and O–H groups in total. The number of alkyl halides is 2. The molecule has 1 aromatic heterocycles. The first-order valence-corrected chi connectivity index (χ1v) is 10.1. The van der Waals surface area contributed by atoms with E-state index in [9.17, 15) is 13.6 Å². The van der Waals surface area contributed by atoms with Gasteiger partial charge in [-0.1, -0.05) is 18.2 Å². The minimum atomic E-state index is -2.87. The summed E-state index contributed by atoms with van der Waals surface area (Å²) in [6.45, 7) is -1.29. The van der Waals surface area contributed by atoms with Gasteiger partial charge in [0.1, 0.15) is 5.75 Å². The fraction of sp³-hybridized carbons (Fsp3) is 0.476. The minimum absolute atomic E-state index is 0. The second kappa shape index (κ2) is 8.81. The number of nitrogens with one attached hydrogen (secondary N) is 1. The molecule has 1 aliphatic heterocycles. The first kappa shape index (κ1) is 20.3. The summed E-state index contributed by atoms with van der Waals surface area (Å²) in [6.07, 6.45) is 4.23. The van der Waals surface area contributed by atoms with E-state index in [2.05, 4.69) is 25.2 Å². The number of aromatic nitrogens is 2. The summed E-state index contributed by atoms with van der Waals surface area (Å²) in [4.78, 5) is 16.7. The van der Waals surface area contributed by atoms with E-state index < -0.39 is 6.61 Å². The standard InChI is InChI=1S/C21H25F2N5O2.H2/c1-27(14-6-5-11-28(13-14)19-9-4-10-24-26-19)21(29)25-17-12-16(17)15-7-2-3-8-18(15)30-20(22)23;/h2-4,7-10,14,16-17,20H,5-6,11-13H2,1H3,(H,25,29);1H/t14-,16?,17?;/m1./s1. The van der Waals surface area contributed by atoms with Crippen LogP contribution in [0.25, 0.3) is 0 Å². The smallest absolute Gasteiger partial charge is 0.387 e. The van der Waals surface area contributed by atoms with Crippen molar-refractivity contribution in [1.82, 2.24) is 20.4 Å². The molecule has 162 valence electrons. The van der Waals surface area contributed by atoms with E-state index in [1.807, 2.05) is 12.1 Å². The Morgan fingerprint density at radius 1 is 1.33 bits per heavy atom. The molecule has 7 nitrogen and oxygen atoms in total. The van der Waals surface area contributed by atoms with E-state index in [4.69, 9.17) is 0 Å². The van der Waals surface area contributed by atoms with E-state index in [1.165, 1.54) is 6.07 Å². The summed E-state index contributed by atoms with van der Waals surface area (Å²) in [7, 11) is 1.80. The Morgan fingerprint density at radius 3 is 2.93 bits per heavy atom. The molecule has 2 aromatic rings. The monoisotopic (exact) mass is 419 g/mol. The molecule has 1 saturated carbocycles. The Balaban J connectivity index is 0.00000272. The lowest BCUT2D eigenvalue weighted by atomic mass is 10.0. The Labute approximate surface area is 175 Å². The van der Waals surface area contributed by atoms with Gasteiger partial charge in [0, 0.05) is 39.7 Å². The zero-order valence-electron chi connectivity index (χ0n) is 16.7. The largest absolute Gasteiger partial charge is 0.435 e. The lowest BCUT2D eigenvalue weighted by molar-refractivity contribution is -0.0504. The van der Waals surface area contributed by atoms with Crippen LogP contribution in [0.15, 0.2) is 42.6 Å². The summed E-state index contributed by atoms with van der Waals surface area (Å²) in [5.74, 6) is 0.975. The minimum Gasteiger partial charge on any atom is -0.435 e. The topological polar surface area (TPSA) is 70.6 Å². The number of hydrogen-bond acceptors (Lipinski definition) is 5. The van der Waals surface area contributed by atoms with Crippen molar-refractivity contribution in [2.24, 2.45) is 0 Å². The van der Waals surface area contributed by atoms with Crippen LogP contribution < -0.4 is 15.0 Å². The predicted octanol–water partition coefficient (Wildman–Crippen LogP) is 3.49. The number of carbonyl (C=O) groups excluding carboxylic acids is 1. The highest BCUT2D eigenvalue weighted by atomic mass is 19.3. The van der Waals surface area contributed by atoms with Gasteiger partial charge in [-0.2, -0.15) is 13.9 Å². The van der Waals surface area contributed by atoms with Crippen LogP contribution in [-0.4, -0.2) is 60.0 Å². The van der Waals surface area contributed by atoms with Gasteiger partial charge in [-0.15, -0.1) is 5.10 Å². The van der Waals surface area contributed by atoms with Crippen LogP contribution in [-0.2, 0) is 0 Å². The molecule has 1 aromatic carbocycles. The first-order chi connectivity index (χ1) is 14.5. The number of ether oxygens (including phenoxy) is 1. The third kappa shape index (κ3) is 4.60. The fourth-order valence-electron chi connectivity index (χ4n) is 4.06. The molecule has 2 heterocycles. The number of nitrogens with zero attached hydrogens (tertiary/aromatic N) is 4. The third-order valence-corrected chi connectivity index (χ3v) is 5.78. The van der Waals surface area contributed by atoms with E-state index in [0.29, 0.717) is 18.5 Å². The van der Waals surface area contributed by atoms with Crippen molar-refractivity contribution in [3.8, 4) is 5.75 Å². The maximum Gasteiger partial charge on any atom is 0.387 e.